The molecule has 1 aromatic rings. The minimum Gasteiger partial charge on any atom is -0.404 e. The van der Waals surface area contributed by atoms with Gasteiger partial charge in [0.1, 0.15) is 0 Å². The van der Waals surface area contributed by atoms with Crippen molar-refractivity contribution in [1.29, 1.82) is 0 Å². The van der Waals surface area contributed by atoms with E-state index in [9.17, 15) is 18.0 Å². The summed E-state index contributed by atoms with van der Waals surface area (Å²) < 4.78 is 40.4. The van der Waals surface area contributed by atoms with Gasteiger partial charge in [-0.15, -0.1) is 6.42 Å². The Morgan fingerprint density at radius 3 is 2.69 bits per heavy atom. The Balaban J connectivity index is 3.25. The maximum absolute atomic E-state index is 12.1. The summed E-state index contributed by atoms with van der Waals surface area (Å²) in [5.41, 5.74) is -1.30. The van der Waals surface area contributed by atoms with Gasteiger partial charge in [-0.1, -0.05) is 5.92 Å². The van der Waals surface area contributed by atoms with Gasteiger partial charge in [-0.2, -0.15) is 13.2 Å². The number of hydrogen-bond donors (Lipinski definition) is 0. The molecule has 0 aliphatic rings. The highest BCUT2D eigenvalue weighted by molar-refractivity contribution is 5.02. The summed E-state index contributed by atoms with van der Waals surface area (Å²) in [5, 5.41) is 0. The number of oxazole rings is 1. The fourth-order valence-electron chi connectivity index (χ4n) is 0.739. The third kappa shape index (κ3) is 1.75. The summed E-state index contributed by atoms with van der Waals surface area (Å²) in [6, 6.07) is 0. The van der Waals surface area contributed by atoms with Crippen molar-refractivity contribution < 1.29 is 17.6 Å². The van der Waals surface area contributed by atoms with Crippen molar-refractivity contribution in [3.63, 3.8) is 0 Å². The van der Waals surface area contributed by atoms with Gasteiger partial charge in [0.05, 0.1) is 6.54 Å². The molecule has 3 nitrogen and oxygen atoms in total. The Hall–Kier alpha value is -1.64. The molecule has 0 aliphatic carbocycles. The molecule has 0 fully saturated rings. The number of rotatable bonds is 1. The second kappa shape index (κ2) is 3.01. The molecule has 0 saturated carbocycles. The average molecular weight is 190 g/mol. The molecule has 0 N–H and O–H groups in total. The maximum Gasteiger partial charge on any atom is 0.435 e. The van der Waals surface area contributed by atoms with Crippen LogP contribution in [0.4, 0.5) is 13.2 Å². The molecule has 1 aromatic heterocycles. The van der Waals surface area contributed by atoms with E-state index in [0.29, 0.717) is 4.57 Å². The molecule has 13 heavy (non-hydrogen) atoms. The minimum atomic E-state index is -4.68. The van der Waals surface area contributed by atoms with Gasteiger partial charge in [0.2, 0.25) is 6.26 Å². The van der Waals surface area contributed by atoms with E-state index >= 15 is 0 Å². The van der Waals surface area contributed by atoms with Crippen LogP contribution in [0.25, 0.3) is 0 Å². The monoisotopic (exact) mass is 190 g/mol. The van der Waals surface area contributed by atoms with Crippen LogP contribution in [-0.2, 0) is 12.7 Å². The molecular formula is C7H3F3NO2. The smallest absolute Gasteiger partial charge is 0.404 e. The molecule has 0 amide bonds. The van der Waals surface area contributed by atoms with E-state index in [1.54, 1.807) is 0 Å². The third-order valence-corrected chi connectivity index (χ3v) is 1.24. The first-order valence-corrected chi connectivity index (χ1v) is 3.08. The lowest BCUT2D eigenvalue weighted by Gasteiger charge is -2.04. The Labute approximate surface area is 70.8 Å². The lowest BCUT2D eigenvalue weighted by molar-refractivity contribution is -0.143. The van der Waals surface area contributed by atoms with Crippen LogP contribution in [0.15, 0.2) is 9.21 Å². The highest BCUT2D eigenvalue weighted by Gasteiger charge is 2.37. The van der Waals surface area contributed by atoms with Crippen molar-refractivity contribution in [3.8, 4) is 12.3 Å². The average Bonchev–Trinajstić information content (AvgIpc) is 2.32. The fourth-order valence-corrected chi connectivity index (χ4v) is 0.739. The van der Waals surface area contributed by atoms with E-state index in [4.69, 9.17) is 6.42 Å². The summed E-state index contributed by atoms with van der Waals surface area (Å²) in [4.78, 5) is 10.6. The van der Waals surface area contributed by atoms with Crippen molar-refractivity contribution in [2.75, 3.05) is 0 Å². The van der Waals surface area contributed by atoms with Gasteiger partial charge in [0.15, 0.2) is 5.69 Å². The van der Waals surface area contributed by atoms with E-state index in [-0.39, 0.29) is 0 Å². The first-order valence-electron chi connectivity index (χ1n) is 3.08. The second-order valence-electron chi connectivity index (χ2n) is 2.11. The highest BCUT2D eigenvalue weighted by Crippen LogP contribution is 2.27. The molecule has 0 saturated heterocycles. The number of hydrogen-bond acceptors (Lipinski definition) is 2. The van der Waals surface area contributed by atoms with Crippen molar-refractivity contribution in [2.45, 2.75) is 12.7 Å². The molecule has 0 aliphatic heterocycles. The molecule has 0 bridgehead atoms. The predicted molar refractivity (Wildman–Crippen MR) is 35.6 cm³/mol. The van der Waals surface area contributed by atoms with E-state index in [1.165, 1.54) is 6.26 Å². The maximum atomic E-state index is 12.1. The van der Waals surface area contributed by atoms with Crippen LogP contribution in [-0.4, -0.2) is 4.57 Å². The zero-order valence-corrected chi connectivity index (χ0v) is 6.18. The number of nitrogens with zero attached hydrogens (tertiary/aromatic N) is 1. The molecule has 69 valence electrons. The lowest BCUT2D eigenvalue weighted by atomic mass is 10.4. The Kier molecular flexibility index (Phi) is 2.19. The van der Waals surface area contributed by atoms with E-state index < -0.39 is 24.2 Å². The van der Waals surface area contributed by atoms with Gasteiger partial charge < -0.3 is 4.42 Å². The minimum absolute atomic E-state index is 0.292. The van der Waals surface area contributed by atoms with Crippen molar-refractivity contribution in [2.24, 2.45) is 0 Å². The number of alkyl halides is 3. The van der Waals surface area contributed by atoms with Gasteiger partial charge in [-0.25, -0.2) is 4.79 Å². The highest BCUT2D eigenvalue weighted by atomic mass is 19.4. The van der Waals surface area contributed by atoms with Crippen LogP contribution < -0.4 is 5.76 Å². The Bertz CT molecular complexity index is 393. The van der Waals surface area contributed by atoms with E-state index in [1.807, 2.05) is 5.92 Å². The number of aromatic nitrogens is 1. The van der Waals surface area contributed by atoms with Gasteiger partial charge in [0.25, 0.3) is 0 Å². The fraction of sp³-hybridized carbons (Fsp3) is 0.286. The van der Waals surface area contributed by atoms with E-state index in [2.05, 4.69) is 4.42 Å². The predicted octanol–water partition coefficient (Wildman–Crippen LogP) is 0.893. The number of halogens is 3. The largest absolute Gasteiger partial charge is 0.435 e. The summed E-state index contributed by atoms with van der Waals surface area (Å²) >= 11 is 0. The van der Waals surface area contributed by atoms with Crippen LogP contribution in [0.1, 0.15) is 5.69 Å². The van der Waals surface area contributed by atoms with Crippen LogP contribution in [0.3, 0.4) is 0 Å². The van der Waals surface area contributed by atoms with Gasteiger partial charge in [0, 0.05) is 0 Å². The van der Waals surface area contributed by atoms with Crippen LogP contribution in [0.5, 0.6) is 0 Å². The topological polar surface area (TPSA) is 35.1 Å². The van der Waals surface area contributed by atoms with Crippen LogP contribution in [0.2, 0.25) is 0 Å². The normalized spacial score (nSPS) is 11.2. The Morgan fingerprint density at radius 1 is 1.62 bits per heavy atom. The second-order valence-corrected chi connectivity index (χ2v) is 2.11. The quantitative estimate of drug-likeness (QED) is 0.616. The van der Waals surface area contributed by atoms with Crippen LogP contribution in [0, 0.1) is 18.6 Å². The molecule has 1 heterocycles. The molecule has 0 atom stereocenters. The summed E-state index contributed by atoms with van der Waals surface area (Å²) in [6.45, 7) is -0.485. The molecule has 1 radical (unpaired) electrons. The van der Waals surface area contributed by atoms with Gasteiger partial charge in [-0.05, 0) is 0 Å². The third-order valence-electron chi connectivity index (χ3n) is 1.24. The molecule has 0 spiro atoms. The summed E-state index contributed by atoms with van der Waals surface area (Å²) in [5.74, 6) is 0.745. The molecule has 6 heteroatoms. The van der Waals surface area contributed by atoms with Gasteiger partial charge in [-0.3, -0.25) is 4.57 Å². The number of terminal acetylenes is 1. The zero-order chi connectivity index (χ0) is 10.1. The molecule has 1 rings (SSSR count). The molecule has 0 aromatic carbocycles. The molecular weight excluding hydrogens is 187 g/mol. The first-order chi connectivity index (χ1) is 5.96. The standard InChI is InChI=1S/C7H3F3NO2/c1-2-3-11-5(7(8,9)10)4-13-6(11)12/h1H,3H2. The zero-order valence-electron chi connectivity index (χ0n) is 6.18. The van der Waals surface area contributed by atoms with E-state index in [0.717, 1.165) is 0 Å². The Morgan fingerprint density at radius 2 is 2.23 bits per heavy atom. The molecule has 0 unspecified atom stereocenters. The summed E-state index contributed by atoms with van der Waals surface area (Å²) in [6.07, 6.45) is 1.54. The van der Waals surface area contributed by atoms with Crippen molar-refractivity contribution in [3.05, 3.63) is 22.5 Å². The lowest BCUT2D eigenvalue weighted by Crippen LogP contribution is -2.21. The van der Waals surface area contributed by atoms with Crippen molar-refractivity contribution in [1.82, 2.24) is 4.57 Å². The van der Waals surface area contributed by atoms with Crippen molar-refractivity contribution >= 4 is 0 Å². The van der Waals surface area contributed by atoms with Crippen LogP contribution >= 0.6 is 0 Å². The first kappa shape index (κ1) is 9.45. The van der Waals surface area contributed by atoms with Gasteiger partial charge >= 0.3 is 11.9 Å². The summed E-state index contributed by atoms with van der Waals surface area (Å²) in [7, 11) is 0. The SMILES string of the molecule is C#CCn1c(C(F)(F)F)[c]oc1=O.